The molecular formula is C20H15NO5. The van der Waals surface area contributed by atoms with E-state index in [1.165, 1.54) is 30.3 Å². The summed E-state index contributed by atoms with van der Waals surface area (Å²) >= 11 is 0. The number of hydrogen-bond donors (Lipinski definition) is 2. The molecule has 0 bridgehead atoms. The van der Waals surface area contributed by atoms with Gasteiger partial charge >= 0.3 is 5.97 Å². The van der Waals surface area contributed by atoms with E-state index in [-0.39, 0.29) is 17.0 Å². The largest absolute Gasteiger partial charge is 0.508 e. The Morgan fingerprint density at radius 3 is 2.27 bits per heavy atom. The Labute approximate surface area is 148 Å². The number of carboxylic acid groups (broad SMARTS) is 1. The first-order valence-corrected chi connectivity index (χ1v) is 7.79. The number of para-hydroxylation sites is 1. The lowest BCUT2D eigenvalue weighted by atomic mass is 10.0. The van der Waals surface area contributed by atoms with Gasteiger partial charge in [-0.3, -0.25) is 14.5 Å². The number of carbonyl (C=O) groups is 3. The second kappa shape index (κ2) is 6.68. The Bertz CT molecular complexity index is 1040. The van der Waals surface area contributed by atoms with Gasteiger partial charge in [0.1, 0.15) is 5.75 Å². The highest BCUT2D eigenvalue weighted by molar-refractivity contribution is 6.43. The zero-order chi connectivity index (χ0) is 18.8. The van der Waals surface area contributed by atoms with Crippen molar-refractivity contribution in [3.63, 3.8) is 0 Å². The van der Waals surface area contributed by atoms with Gasteiger partial charge in [0.15, 0.2) is 0 Å². The average Bonchev–Trinajstić information content (AvgIpc) is 2.62. The minimum Gasteiger partial charge on any atom is -0.508 e. The van der Waals surface area contributed by atoms with E-state index in [0.29, 0.717) is 11.1 Å². The zero-order valence-electron chi connectivity index (χ0n) is 13.8. The molecule has 0 aliphatic carbocycles. The van der Waals surface area contributed by atoms with E-state index >= 15 is 0 Å². The van der Waals surface area contributed by atoms with Crippen molar-refractivity contribution in [2.45, 2.75) is 6.92 Å². The lowest BCUT2D eigenvalue weighted by molar-refractivity contribution is -0.134. The lowest BCUT2D eigenvalue weighted by Gasteiger charge is -2.25. The van der Waals surface area contributed by atoms with E-state index < -0.39 is 17.7 Å². The standard InChI is InChI=1S/C20H15NO5/c1-12(22)19(24)21(17-7-3-2-6-15(17)20(25)26)18-8-4-5-13-9-10-14(23)11-16(13)18/h2-11,23H,1H3,(H,25,26). The SMILES string of the molecule is CC(=O)C(=O)N(c1ccccc1C(=O)O)c1cccc2ccc(O)cc12. The number of anilines is 2. The highest BCUT2D eigenvalue weighted by Gasteiger charge is 2.27. The number of fused-ring (bicyclic) bond motifs is 1. The van der Waals surface area contributed by atoms with Gasteiger partial charge in [0, 0.05) is 12.3 Å². The van der Waals surface area contributed by atoms with E-state index in [1.807, 2.05) is 0 Å². The molecule has 3 aromatic rings. The van der Waals surface area contributed by atoms with Crippen molar-refractivity contribution >= 4 is 39.8 Å². The van der Waals surface area contributed by atoms with Crippen molar-refractivity contribution < 1.29 is 24.6 Å². The molecule has 0 saturated heterocycles. The number of ketones is 1. The van der Waals surface area contributed by atoms with Crippen LogP contribution in [-0.4, -0.2) is 27.9 Å². The summed E-state index contributed by atoms with van der Waals surface area (Å²) < 4.78 is 0. The van der Waals surface area contributed by atoms with Crippen molar-refractivity contribution in [2.75, 3.05) is 4.90 Å². The Hall–Kier alpha value is -3.67. The van der Waals surface area contributed by atoms with E-state index in [2.05, 4.69) is 0 Å². The van der Waals surface area contributed by atoms with E-state index in [4.69, 9.17) is 0 Å². The van der Waals surface area contributed by atoms with Gasteiger partial charge in [-0.2, -0.15) is 0 Å². The number of benzene rings is 3. The monoisotopic (exact) mass is 349 g/mol. The predicted octanol–water partition coefficient (Wildman–Crippen LogP) is 3.50. The van der Waals surface area contributed by atoms with Crippen molar-refractivity contribution in [1.29, 1.82) is 0 Å². The first-order chi connectivity index (χ1) is 12.4. The van der Waals surface area contributed by atoms with Gasteiger partial charge in [-0.05, 0) is 35.7 Å². The summed E-state index contributed by atoms with van der Waals surface area (Å²) in [6, 6.07) is 15.7. The summed E-state index contributed by atoms with van der Waals surface area (Å²) in [6.07, 6.45) is 0. The van der Waals surface area contributed by atoms with E-state index in [0.717, 1.165) is 17.2 Å². The van der Waals surface area contributed by atoms with Gasteiger partial charge in [0.05, 0.1) is 16.9 Å². The second-order valence-electron chi connectivity index (χ2n) is 5.70. The molecule has 6 nitrogen and oxygen atoms in total. The maximum Gasteiger partial charge on any atom is 0.337 e. The summed E-state index contributed by atoms with van der Waals surface area (Å²) in [5.41, 5.74) is 0.280. The molecule has 0 spiro atoms. The molecule has 0 heterocycles. The number of rotatable bonds is 4. The van der Waals surface area contributed by atoms with Crippen molar-refractivity contribution in [3.8, 4) is 5.75 Å². The van der Waals surface area contributed by atoms with Crippen LogP contribution in [0.1, 0.15) is 17.3 Å². The normalized spacial score (nSPS) is 10.5. The number of carboxylic acids is 1. The van der Waals surface area contributed by atoms with Gasteiger partial charge in [-0.15, -0.1) is 0 Å². The van der Waals surface area contributed by atoms with Crippen LogP contribution in [0, 0.1) is 0 Å². The quantitative estimate of drug-likeness (QED) is 0.703. The molecule has 0 fully saturated rings. The number of Topliss-reactive ketones (excluding diaryl/α,β-unsaturated/α-hetero) is 1. The van der Waals surface area contributed by atoms with Crippen molar-refractivity contribution in [2.24, 2.45) is 0 Å². The van der Waals surface area contributed by atoms with Crippen molar-refractivity contribution in [1.82, 2.24) is 0 Å². The number of aromatic carboxylic acids is 1. The minimum absolute atomic E-state index is 0.00769. The van der Waals surface area contributed by atoms with Crippen LogP contribution in [-0.2, 0) is 9.59 Å². The molecule has 3 rings (SSSR count). The highest BCUT2D eigenvalue weighted by atomic mass is 16.4. The smallest absolute Gasteiger partial charge is 0.337 e. The molecular weight excluding hydrogens is 334 g/mol. The predicted molar refractivity (Wildman–Crippen MR) is 96.8 cm³/mol. The number of phenolic OH excluding ortho intramolecular Hbond substituents is 1. The molecule has 0 saturated carbocycles. The number of aromatic hydroxyl groups is 1. The Kier molecular flexibility index (Phi) is 4.41. The number of phenols is 1. The summed E-state index contributed by atoms with van der Waals surface area (Å²) in [5, 5.41) is 20.6. The highest BCUT2D eigenvalue weighted by Crippen LogP contribution is 2.36. The molecule has 2 N–H and O–H groups in total. The van der Waals surface area contributed by atoms with Gasteiger partial charge < -0.3 is 10.2 Å². The molecule has 6 heteroatoms. The van der Waals surface area contributed by atoms with Crippen molar-refractivity contribution in [3.05, 3.63) is 66.2 Å². The van der Waals surface area contributed by atoms with Gasteiger partial charge in [-0.25, -0.2) is 4.79 Å². The Morgan fingerprint density at radius 2 is 1.58 bits per heavy atom. The molecule has 0 radical (unpaired) electrons. The Balaban J connectivity index is 2.35. The van der Waals surface area contributed by atoms with Crippen LogP contribution in [0.25, 0.3) is 10.8 Å². The first kappa shape index (κ1) is 17.2. The number of nitrogens with zero attached hydrogens (tertiary/aromatic N) is 1. The van der Waals surface area contributed by atoms with E-state index in [9.17, 15) is 24.6 Å². The van der Waals surface area contributed by atoms with Gasteiger partial charge in [0.2, 0.25) is 5.78 Å². The molecule has 0 unspecified atom stereocenters. The van der Waals surface area contributed by atoms with Gasteiger partial charge in [0.25, 0.3) is 5.91 Å². The summed E-state index contributed by atoms with van der Waals surface area (Å²) in [4.78, 5) is 37.2. The number of hydrogen-bond acceptors (Lipinski definition) is 4. The maximum absolute atomic E-state index is 12.7. The molecule has 26 heavy (non-hydrogen) atoms. The third-order valence-electron chi connectivity index (χ3n) is 3.96. The van der Waals surface area contributed by atoms with Crippen LogP contribution in [0.15, 0.2) is 60.7 Å². The van der Waals surface area contributed by atoms with Gasteiger partial charge in [-0.1, -0.05) is 30.3 Å². The molecule has 130 valence electrons. The molecule has 0 aliphatic rings. The Morgan fingerprint density at radius 1 is 0.885 bits per heavy atom. The molecule has 0 aliphatic heterocycles. The maximum atomic E-state index is 12.7. The zero-order valence-corrected chi connectivity index (χ0v) is 13.8. The lowest BCUT2D eigenvalue weighted by Crippen LogP contribution is -2.32. The van der Waals surface area contributed by atoms with Crippen LogP contribution in [0.4, 0.5) is 11.4 Å². The summed E-state index contributed by atoms with van der Waals surface area (Å²) in [5.74, 6) is -2.83. The minimum atomic E-state index is -1.22. The molecule has 3 aromatic carbocycles. The fourth-order valence-corrected chi connectivity index (χ4v) is 2.79. The third kappa shape index (κ3) is 3.00. The summed E-state index contributed by atoms with van der Waals surface area (Å²) in [6.45, 7) is 1.13. The fourth-order valence-electron chi connectivity index (χ4n) is 2.79. The fraction of sp³-hybridized carbons (Fsp3) is 0.0500. The van der Waals surface area contributed by atoms with Crippen LogP contribution in [0.3, 0.4) is 0 Å². The molecule has 1 amide bonds. The number of carbonyl (C=O) groups excluding carboxylic acids is 2. The first-order valence-electron chi connectivity index (χ1n) is 7.79. The van der Waals surface area contributed by atoms with Crippen LogP contribution < -0.4 is 4.90 Å². The van der Waals surface area contributed by atoms with Crippen LogP contribution in [0.2, 0.25) is 0 Å². The van der Waals surface area contributed by atoms with Crippen LogP contribution in [0.5, 0.6) is 5.75 Å². The molecule has 0 atom stereocenters. The number of amides is 1. The summed E-state index contributed by atoms with van der Waals surface area (Å²) in [7, 11) is 0. The average molecular weight is 349 g/mol. The molecule has 0 aromatic heterocycles. The van der Waals surface area contributed by atoms with E-state index in [1.54, 1.807) is 30.3 Å². The second-order valence-corrected chi connectivity index (χ2v) is 5.70. The third-order valence-corrected chi connectivity index (χ3v) is 3.96. The topological polar surface area (TPSA) is 94.9 Å². The van der Waals surface area contributed by atoms with Crippen LogP contribution >= 0.6 is 0 Å².